The summed E-state index contributed by atoms with van der Waals surface area (Å²) < 4.78 is 12.0. The van der Waals surface area contributed by atoms with Crippen LogP contribution in [0.25, 0.3) is 0 Å². The molecular formula is C24H50ClO2P. The first-order valence-corrected chi connectivity index (χ1v) is 15.0. The molecule has 0 aliphatic heterocycles. The molecule has 170 valence electrons. The molecule has 2 nitrogen and oxygen atoms in total. The molecule has 0 aromatic rings. The standard InChI is InChI=1S/C24H50O2P.ClH/c1-6-8-17-21-25-24(26-22-18-9-7-2)20-16-14-12-10-11-13-15-19-23-27(3,4)5;/h11,13,24H,6-10,12,14-23H2,1-5H3;1H/q+1;/p-1/b13-11-;. The Hall–Kier alpha value is 0.380. The predicted molar refractivity (Wildman–Crippen MR) is 126 cm³/mol. The summed E-state index contributed by atoms with van der Waals surface area (Å²) in [5.74, 6) is 0. The summed E-state index contributed by atoms with van der Waals surface area (Å²) >= 11 is 0. The molecule has 0 heterocycles. The zero-order chi connectivity index (χ0) is 20.2. The zero-order valence-electron chi connectivity index (χ0n) is 19.7. The number of halogens is 1. The van der Waals surface area contributed by atoms with Gasteiger partial charge in [0.1, 0.15) is 0 Å². The largest absolute Gasteiger partial charge is 1.00 e. The van der Waals surface area contributed by atoms with Gasteiger partial charge in [0.05, 0.1) is 6.16 Å². The molecule has 0 aliphatic carbocycles. The van der Waals surface area contributed by atoms with Gasteiger partial charge in [-0.15, -0.1) is 0 Å². The minimum absolute atomic E-state index is 0. The topological polar surface area (TPSA) is 18.5 Å². The van der Waals surface area contributed by atoms with Gasteiger partial charge in [-0.3, -0.25) is 0 Å². The van der Waals surface area contributed by atoms with Crippen LogP contribution < -0.4 is 12.4 Å². The van der Waals surface area contributed by atoms with Gasteiger partial charge in [-0.2, -0.15) is 0 Å². The Bertz CT molecular complexity index is 317. The molecule has 0 aromatic heterocycles. The van der Waals surface area contributed by atoms with Crippen molar-refractivity contribution >= 4 is 7.26 Å². The van der Waals surface area contributed by atoms with Gasteiger partial charge in [0.15, 0.2) is 6.29 Å². The third-order valence-electron chi connectivity index (χ3n) is 4.78. The molecule has 0 aromatic carbocycles. The molecule has 0 atom stereocenters. The van der Waals surface area contributed by atoms with Gasteiger partial charge in [0.25, 0.3) is 0 Å². The molecule has 0 amide bonds. The van der Waals surface area contributed by atoms with Gasteiger partial charge in [0.2, 0.25) is 0 Å². The fraction of sp³-hybridized carbons (Fsp3) is 0.917. The Morgan fingerprint density at radius 1 is 0.679 bits per heavy atom. The molecule has 0 bridgehead atoms. The Morgan fingerprint density at radius 3 is 1.71 bits per heavy atom. The molecule has 0 radical (unpaired) electrons. The second kappa shape index (κ2) is 22.1. The van der Waals surface area contributed by atoms with Crippen molar-refractivity contribution < 1.29 is 21.9 Å². The van der Waals surface area contributed by atoms with E-state index in [-0.39, 0.29) is 18.7 Å². The van der Waals surface area contributed by atoms with Crippen LogP contribution in [-0.2, 0) is 9.47 Å². The van der Waals surface area contributed by atoms with E-state index in [9.17, 15) is 0 Å². The highest BCUT2D eigenvalue weighted by Crippen LogP contribution is 2.47. The molecule has 0 fully saturated rings. The SMILES string of the molecule is CCCCCOC(CCCCC/C=C\CCC[P+](C)(C)C)OCCCCC.[Cl-]. The number of hydrogen-bond acceptors (Lipinski definition) is 2. The highest BCUT2D eigenvalue weighted by atomic mass is 35.5. The van der Waals surface area contributed by atoms with Crippen LogP contribution in [0.15, 0.2) is 12.2 Å². The molecule has 28 heavy (non-hydrogen) atoms. The van der Waals surface area contributed by atoms with Crippen LogP contribution in [0, 0.1) is 0 Å². The van der Waals surface area contributed by atoms with Gasteiger partial charge < -0.3 is 21.9 Å². The van der Waals surface area contributed by atoms with E-state index in [1.54, 1.807) is 0 Å². The molecule has 0 spiro atoms. The lowest BCUT2D eigenvalue weighted by atomic mass is 10.1. The van der Waals surface area contributed by atoms with E-state index in [4.69, 9.17) is 9.47 Å². The van der Waals surface area contributed by atoms with Crippen molar-refractivity contribution in [3.8, 4) is 0 Å². The highest BCUT2D eigenvalue weighted by molar-refractivity contribution is 7.73. The van der Waals surface area contributed by atoms with Crippen LogP contribution in [0.1, 0.15) is 97.3 Å². The van der Waals surface area contributed by atoms with Gasteiger partial charge in [0, 0.05) is 40.5 Å². The van der Waals surface area contributed by atoms with Gasteiger partial charge >= 0.3 is 0 Å². The quantitative estimate of drug-likeness (QED) is 0.117. The van der Waals surface area contributed by atoms with E-state index >= 15 is 0 Å². The fourth-order valence-corrected chi connectivity index (χ4v) is 4.15. The maximum atomic E-state index is 5.99. The summed E-state index contributed by atoms with van der Waals surface area (Å²) in [6, 6.07) is 0. The lowest BCUT2D eigenvalue weighted by Gasteiger charge is -2.18. The Morgan fingerprint density at radius 2 is 1.21 bits per heavy atom. The van der Waals surface area contributed by atoms with E-state index in [1.807, 2.05) is 0 Å². The van der Waals surface area contributed by atoms with E-state index in [2.05, 4.69) is 46.0 Å². The van der Waals surface area contributed by atoms with Gasteiger partial charge in [-0.25, -0.2) is 0 Å². The molecule has 0 aliphatic rings. The smallest absolute Gasteiger partial charge is 0.157 e. The molecule has 4 heteroatoms. The number of hydrogen-bond donors (Lipinski definition) is 0. The summed E-state index contributed by atoms with van der Waals surface area (Å²) in [6.07, 6.45) is 22.3. The van der Waals surface area contributed by atoms with Crippen molar-refractivity contribution in [3.05, 3.63) is 12.2 Å². The van der Waals surface area contributed by atoms with Crippen molar-refractivity contribution in [1.82, 2.24) is 0 Å². The van der Waals surface area contributed by atoms with E-state index in [0.717, 1.165) is 32.5 Å². The first-order chi connectivity index (χ1) is 13.0. The van der Waals surface area contributed by atoms with Crippen molar-refractivity contribution in [3.63, 3.8) is 0 Å². The van der Waals surface area contributed by atoms with Crippen LogP contribution in [0.3, 0.4) is 0 Å². The second-order valence-electron chi connectivity index (χ2n) is 8.85. The molecule has 0 unspecified atom stereocenters. The lowest BCUT2D eigenvalue weighted by Crippen LogP contribution is -3.00. The van der Waals surface area contributed by atoms with Crippen molar-refractivity contribution in [2.45, 2.75) is 104 Å². The number of allylic oxidation sites excluding steroid dienone is 2. The molecule has 0 saturated heterocycles. The first kappa shape index (κ1) is 30.6. The minimum Gasteiger partial charge on any atom is -1.00 e. The average Bonchev–Trinajstić information content (AvgIpc) is 2.62. The zero-order valence-corrected chi connectivity index (χ0v) is 21.3. The number of rotatable bonds is 20. The normalized spacial score (nSPS) is 12.1. The van der Waals surface area contributed by atoms with Gasteiger partial charge in [-0.1, -0.05) is 58.1 Å². The van der Waals surface area contributed by atoms with Crippen molar-refractivity contribution in [2.24, 2.45) is 0 Å². The summed E-state index contributed by atoms with van der Waals surface area (Å²) in [4.78, 5) is 0. The first-order valence-electron chi connectivity index (χ1n) is 11.7. The lowest BCUT2D eigenvalue weighted by molar-refractivity contribution is -0.148. The third kappa shape index (κ3) is 24.4. The van der Waals surface area contributed by atoms with E-state index in [0.29, 0.717) is 0 Å². The maximum Gasteiger partial charge on any atom is 0.157 e. The number of ether oxygens (including phenoxy) is 2. The summed E-state index contributed by atoms with van der Waals surface area (Å²) in [5, 5.41) is 0. The second-order valence-corrected chi connectivity index (χ2v) is 13.9. The predicted octanol–water partition coefficient (Wildman–Crippen LogP) is 4.92. The Labute approximate surface area is 184 Å². The summed E-state index contributed by atoms with van der Waals surface area (Å²) in [7, 11) is -0.578. The number of unbranched alkanes of at least 4 members (excludes halogenated alkanes) is 8. The van der Waals surface area contributed by atoms with E-state index in [1.165, 1.54) is 70.4 Å². The highest BCUT2D eigenvalue weighted by Gasteiger charge is 2.14. The average molecular weight is 437 g/mol. The van der Waals surface area contributed by atoms with Crippen LogP contribution >= 0.6 is 7.26 Å². The maximum absolute atomic E-state index is 5.99. The van der Waals surface area contributed by atoms with Gasteiger partial charge in [-0.05, 0) is 51.4 Å². The summed E-state index contributed by atoms with van der Waals surface area (Å²) in [6.45, 7) is 13.5. The third-order valence-corrected chi connectivity index (χ3v) is 6.44. The van der Waals surface area contributed by atoms with Crippen molar-refractivity contribution in [2.75, 3.05) is 39.4 Å². The molecule has 0 rings (SSSR count). The fourth-order valence-electron chi connectivity index (χ4n) is 3.02. The van der Waals surface area contributed by atoms with Crippen LogP contribution in [0.5, 0.6) is 0 Å². The molecule has 0 N–H and O–H groups in total. The van der Waals surface area contributed by atoms with Crippen LogP contribution in [-0.4, -0.2) is 45.7 Å². The minimum atomic E-state index is -0.578. The summed E-state index contributed by atoms with van der Waals surface area (Å²) in [5.41, 5.74) is 0. The van der Waals surface area contributed by atoms with Crippen LogP contribution in [0.2, 0.25) is 0 Å². The molecular weight excluding hydrogens is 387 g/mol. The molecule has 0 saturated carbocycles. The van der Waals surface area contributed by atoms with Crippen LogP contribution in [0.4, 0.5) is 0 Å². The Kier molecular flexibility index (Phi) is 24.1. The van der Waals surface area contributed by atoms with E-state index < -0.39 is 7.26 Å². The monoisotopic (exact) mass is 436 g/mol. The Balaban J connectivity index is 0. The van der Waals surface area contributed by atoms with Crippen molar-refractivity contribution in [1.29, 1.82) is 0 Å².